The summed E-state index contributed by atoms with van der Waals surface area (Å²) in [7, 11) is -0.400. The van der Waals surface area contributed by atoms with Gasteiger partial charge in [0.1, 0.15) is 5.60 Å². The molecule has 1 unspecified atom stereocenters. The van der Waals surface area contributed by atoms with Gasteiger partial charge in [-0.15, -0.1) is 0 Å². The molecule has 0 aliphatic carbocycles. The van der Waals surface area contributed by atoms with Gasteiger partial charge in [-0.3, -0.25) is 4.68 Å². The van der Waals surface area contributed by atoms with Crippen LogP contribution in [0.15, 0.2) is 12.4 Å². The SMILES string of the molecule is CC(C)(C)OC(=O)N1CCCC(Cn2cc(B3OC(C)(C)C(C)(C)O3)cn2)C1. The summed E-state index contributed by atoms with van der Waals surface area (Å²) in [5.74, 6) is 0.354. The van der Waals surface area contributed by atoms with Crippen LogP contribution in [-0.4, -0.2) is 57.8 Å². The van der Waals surface area contributed by atoms with Crippen molar-refractivity contribution in [1.29, 1.82) is 0 Å². The Morgan fingerprint density at radius 3 is 2.54 bits per heavy atom. The molecule has 3 rings (SSSR count). The van der Waals surface area contributed by atoms with E-state index < -0.39 is 12.7 Å². The van der Waals surface area contributed by atoms with Gasteiger partial charge < -0.3 is 18.9 Å². The standard InChI is InChI=1S/C20H34BN3O4/c1-18(2,3)26-17(25)23-10-8-9-15(12-23)13-24-14-16(11-22-24)21-27-19(4,5)20(6,7)28-21/h11,14-15H,8-10,12-13H2,1-7H3. The molecule has 2 saturated heterocycles. The van der Waals surface area contributed by atoms with E-state index in [2.05, 4.69) is 5.10 Å². The Hall–Kier alpha value is -1.54. The molecule has 7 nitrogen and oxygen atoms in total. The molecule has 1 atom stereocenters. The normalized spacial score (nSPS) is 24.5. The Labute approximate surface area is 168 Å². The molecule has 1 amide bonds. The van der Waals surface area contributed by atoms with Crippen LogP contribution in [0, 0.1) is 5.92 Å². The maximum absolute atomic E-state index is 12.4. The average Bonchev–Trinajstić information content (AvgIpc) is 3.08. The molecule has 0 N–H and O–H groups in total. The molecule has 28 heavy (non-hydrogen) atoms. The molecular formula is C20H34BN3O4. The summed E-state index contributed by atoms with van der Waals surface area (Å²) >= 11 is 0. The number of hydrogen-bond donors (Lipinski definition) is 0. The van der Waals surface area contributed by atoms with Gasteiger partial charge in [0.25, 0.3) is 0 Å². The van der Waals surface area contributed by atoms with Gasteiger partial charge in [-0.1, -0.05) is 0 Å². The summed E-state index contributed by atoms with van der Waals surface area (Å²) < 4.78 is 19.7. The van der Waals surface area contributed by atoms with Gasteiger partial charge in [0, 0.05) is 37.5 Å². The first-order valence-corrected chi connectivity index (χ1v) is 10.2. The van der Waals surface area contributed by atoms with Crippen molar-refractivity contribution in [3.8, 4) is 0 Å². The molecule has 156 valence electrons. The minimum Gasteiger partial charge on any atom is -0.444 e. The molecule has 1 aromatic heterocycles. The molecule has 1 aromatic rings. The summed E-state index contributed by atoms with van der Waals surface area (Å²) in [4.78, 5) is 14.2. The number of carbonyl (C=O) groups is 1. The van der Waals surface area contributed by atoms with Crippen molar-refractivity contribution < 1.29 is 18.8 Å². The lowest BCUT2D eigenvalue weighted by atomic mass is 9.82. The molecule has 0 spiro atoms. The number of rotatable bonds is 3. The van der Waals surface area contributed by atoms with Crippen molar-refractivity contribution >= 4 is 18.7 Å². The molecular weight excluding hydrogens is 357 g/mol. The number of hydrogen-bond acceptors (Lipinski definition) is 5. The minimum atomic E-state index is -0.469. The van der Waals surface area contributed by atoms with Gasteiger partial charge in [0.15, 0.2) is 0 Å². The van der Waals surface area contributed by atoms with E-state index in [1.807, 2.05) is 70.4 Å². The fraction of sp³-hybridized carbons (Fsp3) is 0.800. The maximum atomic E-state index is 12.4. The van der Waals surface area contributed by atoms with E-state index in [-0.39, 0.29) is 17.3 Å². The fourth-order valence-corrected chi connectivity index (χ4v) is 3.55. The highest BCUT2D eigenvalue weighted by Gasteiger charge is 2.52. The van der Waals surface area contributed by atoms with E-state index in [0.717, 1.165) is 31.4 Å². The Bertz CT molecular complexity index is 695. The van der Waals surface area contributed by atoms with Crippen LogP contribution < -0.4 is 5.46 Å². The van der Waals surface area contributed by atoms with Crippen LogP contribution in [-0.2, 0) is 20.6 Å². The van der Waals surface area contributed by atoms with Crippen molar-refractivity contribution in [3.63, 3.8) is 0 Å². The number of piperidine rings is 1. The van der Waals surface area contributed by atoms with Crippen molar-refractivity contribution in [2.45, 2.75) is 84.7 Å². The topological polar surface area (TPSA) is 65.8 Å². The number of ether oxygens (including phenoxy) is 1. The van der Waals surface area contributed by atoms with Gasteiger partial charge in [0.05, 0.1) is 11.2 Å². The second-order valence-corrected chi connectivity index (χ2v) is 10.0. The number of carbonyl (C=O) groups excluding carboxylic acids is 1. The third kappa shape index (κ3) is 4.71. The second kappa shape index (κ2) is 7.37. The lowest BCUT2D eigenvalue weighted by Crippen LogP contribution is -2.43. The number of amides is 1. The number of likely N-dealkylation sites (tertiary alicyclic amines) is 1. The average molecular weight is 391 g/mol. The quantitative estimate of drug-likeness (QED) is 0.742. The van der Waals surface area contributed by atoms with Crippen LogP contribution in [0.4, 0.5) is 4.79 Å². The van der Waals surface area contributed by atoms with Crippen molar-refractivity contribution in [1.82, 2.24) is 14.7 Å². The fourth-order valence-electron chi connectivity index (χ4n) is 3.55. The molecule has 2 fully saturated rings. The van der Waals surface area contributed by atoms with Crippen molar-refractivity contribution in [2.24, 2.45) is 5.92 Å². The Kier molecular flexibility index (Phi) is 5.58. The van der Waals surface area contributed by atoms with Crippen molar-refractivity contribution in [3.05, 3.63) is 12.4 Å². The van der Waals surface area contributed by atoms with Crippen molar-refractivity contribution in [2.75, 3.05) is 13.1 Å². The van der Waals surface area contributed by atoms with Gasteiger partial charge in [-0.25, -0.2) is 4.79 Å². The van der Waals surface area contributed by atoms with E-state index in [1.165, 1.54) is 0 Å². The van der Waals surface area contributed by atoms with Crippen LogP contribution in [0.2, 0.25) is 0 Å². The van der Waals surface area contributed by atoms with Gasteiger partial charge in [-0.2, -0.15) is 5.10 Å². The van der Waals surface area contributed by atoms with Gasteiger partial charge in [0.2, 0.25) is 0 Å². The summed E-state index contributed by atoms with van der Waals surface area (Å²) in [6.07, 6.45) is 5.64. The number of nitrogens with zero attached hydrogens (tertiary/aromatic N) is 3. The highest BCUT2D eigenvalue weighted by molar-refractivity contribution is 6.61. The van der Waals surface area contributed by atoms with E-state index in [4.69, 9.17) is 14.0 Å². The molecule has 2 aliphatic rings. The third-order valence-corrected chi connectivity index (χ3v) is 5.79. The van der Waals surface area contributed by atoms with Crippen LogP contribution in [0.5, 0.6) is 0 Å². The zero-order valence-corrected chi connectivity index (χ0v) is 18.3. The van der Waals surface area contributed by atoms with E-state index in [0.29, 0.717) is 12.5 Å². The first kappa shape index (κ1) is 21.2. The summed E-state index contributed by atoms with van der Waals surface area (Å²) in [6, 6.07) is 0. The minimum absolute atomic E-state index is 0.226. The van der Waals surface area contributed by atoms with Gasteiger partial charge >= 0.3 is 13.2 Å². The van der Waals surface area contributed by atoms with Crippen LogP contribution >= 0.6 is 0 Å². The van der Waals surface area contributed by atoms with E-state index in [1.54, 1.807) is 0 Å². The smallest absolute Gasteiger partial charge is 0.444 e. The summed E-state index contributed by atoms with van der Waals surface area (Å²) in [5.41, 5.74) is -0.267. The van der Waals surface area contributed by atoms with Crippen LogP contribution in [0.3, 0.4) is 0 Å². The molecule has 0 saturated carbocycles. The molecule has 2 aliphatic heterocycles. The lowest BCUT2D eigenvalue weighted by molar-refractivity contribution is 0.00578. The molecule has 0 radical (unpaired) electrons. The van der Waals surface area contributed by atoms with Crippen LogP contribution in [0.25, 0.3) is 0 Å². The highest BCUT2D eigenvalue weighted by Crippen LogP contribution is 2.36. The Balaban J connectivity index is 1.59. The molecule has 0 aromatic carbocycles. The zero-order valence-electron chi connectivity index (χ0n) is 18.3. The maximum Gasteiger partial charge on any atom is 0.498 e. The van der Waals surface area contributed by atoms with Crippen LogP contribution in [0.1, 0.15) is 61.3 Å². The predicted molar refractivity (Wildman–Crippen MR) is 108 cm³/mol. The Morgan fingerprint density at radius 1 is 1.29 bits per heavy atom. The molecule has 0 bridgehead atoms. The van der Waals surface area contributed by atoms with E-state index in [9.17, 15) is 4.79 Å². The zero-order chi connectivity index (χ0) is 20.7. The summed E-state index contributed by atoms with van der Waals surface area (Å²) in [6.45, 7) is 16.1. The highest BCUT2D eigenvalue weighted by atomic mass is 16.7. The largest absolute Gasteiger partial charge is 0.498 e. The monoisotopic (exact) mass is 391 g/mol. The summed E-state index contributed by atoms with van der Waals surface area (Å²) in [5, 5.41) is 4.50. The van der Waals surface area contributed by atoms with Gasteiger partial charge in [-0.05, 0) is 67.2 Å². The Morgan fingerprint density at radius 2 is 1.93 bits per heavy atom. The predicted octanol–water partition coefficient (Wildman–Crippen LogP) is 2.83. The molecule has 3 heterocycles. The van der Waals surface area contributed by atoms with E-state index >= 15 is 0 Å². The molecule has 8 heteroatoms. The first-order valence-electron chi connectivity index (χ1n) is 10.2. The second-order valence-electron chi connectivity index (χ2n) is 10.0. The lowest BCUT2D eigenvalue weighted by Gasteiger charge is -2.34. The number of aromatic nitrogens is 2. The first-order chi connectivity index (χ1) is 12.9. The third-order valence-electron chi connectivity index (χ3n) is 5.79.